The number of aromatic amines is 1. The van der Waals surface area contributed by atoms with Crippen LogP contribution in [0, 0.1) is 11.3 Å². The summed E-state index contributed by atoms with van der Waals surface area (Å²) in [6, 6.07) is 17.9. The number of anilines is 1. The smallest absolute Gasteiger partial charge is 0.412 e. The number of nitriles is 1. The number of rotatable bonds is 5. The Bertz CT molecular complexity index is 1940. The van der Waals surface area contributed by atoms with Crippen LogP contribution >= 0.6 is 11.6 Å². The number of benzene rings is 2. The van der Waals surface area contributed by atoms with E-state index in [2.05, 4.69) is 25.6 Å². The molecule has 1 amide bonds. The molecule has 1 atom stereocenters. The molecule has 0 bridgehead atoms. The van der Waals surface area contributed by atoms with Gasteiger partial charge in [0, 0.05) is 28.0 Å². The Labute approximate surface area is 251 Å². The van der Waals surface area contributed by atoms with Gasteiger partial charge in [-0.05, 0) is 81.1 Å². The highest BCUT2D eigenvalue weighted by Gasteiger charge is 2.28. The normalized spacial score (nSPS) is 14.3. The first-order valence-corrected chi connectivity index (χ1v) is 14.0. The topological polar surface area (TPSA) is 144 Å². The van der Waals surface area contributed by atoms with Crippen molar-refractivity contribution < 1.29 is 9.53 Å². The van der Waals surface area contributed by atoms with Crippen LogP contribution in [0.15, 0.2) is 71.8 Å². The number of pyridine rings is 1. The molecular formula is C31H27ClN8O3. The minimum atomic E-state index is -0.585. The largest absolute Gasteiger partial charge is 0.444 e. The molecule has 43 heavy (non-hydrogen) atoms. The Morgan fingerprint density at radius 3 is 2.65 bits per heavy atom. The lowest BCUT2D eigenvalue weighted by Crippen LogP contribution is -2.27. The fraction of sp³-hybridized carbons (Fsp3) is 0.226. The number of aromatic nitrogens is 6. The lowest BCUT2D eigenvalue weighted by atomic mass is 10.0. The predicted molar refractivity (Wildman–Crippen MR) is 161 cm³/mol. The maximum Gasteiger partial charge on any atom is 0.412 e. The van der Waals surface area contributed by atoms with Gasteiger partial charge >= 0.3 is 6.09 Å². The summed E-state index contributed by atoms with van der Waals surface area (Å²) in [5.74, 6) is 0.689. The molecule has 216 valence electrons. The molecule has 0 saturated heterocycles. The van der Waals surface area contributed by atoms with Gasteiger partial charge in [0.05, 0.1) is 29.8 Å². The van der Waals surface area contributed by atoms with Crippen molar-refractivity contribution >= 4 is 23.4 Å². The van der Waals surface area contributed by atoms with Crippen molar-refractivity contribution in [3.8, 4) is 34.1 Å². The second-order valence-corrected chi connectivity index (χ2v) is 11.6. The first-order chi connectivity index (χ1) is 20.6. The molecule has 2 N–H and O–H groups in total. The maximum atomic E-state index is 13.5. The Morgan fingerprint density at radius 1 is 1.14 bits per heavy atom. The summed E-state index contributed by atoms with van der Waals surface area (Å²) in [5.41, 5.74) is 4.67. The van der Waals surface area contributed by atoms with Crippen molar-refractivity contribution in [1.29, 1.82) is 5.26 Å². The van der Waals surface area contributed by atoms with E-state index >= 15 is 0 Å². The summed E-state index contributed by atoms with van der Waals surface area (Å²) in [6.07, 6.45) is 4.15. The van der Waals surface area contributed by atoms with Gasteiger partial charge in [0.1, 0.15) is 17.5 Å². The molecule has 1 aliphatic rings. The summed E-state index contributed by atoms with van der Waals surface area (Å²) < 4.78 is 8.58. The van der Waals surface area contributed by atoms with Crippen LogP contribution in [0.2, 0.25) is 5.02 Å². The van der Waals surface area contributed by atoms with Crippen LogP contribution in [0.5, 0.6) is 0 Å². The SMILES string of the molecule is CC(C)(C)OC(=O)Nc1ccc(-c2cnc([C@@H]3CCc4cc(-c5cc(Cl)ccc5-n5cc(C#N)nn5)cc(=O)n43)[nH]2)cc1. The zero-order valence-electron chi connectivity index (χ0n) is 23.6. The molecule has 0 saturated carbocycles. The van der Waals surface area contributed by atoms with Crippen LogP contribution in [0.25, 0.3) is 28.1 Å². The molecule has 12 heteroatoms. The number of amides is 1. The van der Waals surface area contributed by atoms with Crippen molar-refractivity contribution in [1.82, 2.24) is 29.5 Å². The van der Waals surface area contributed by atoms with Gasteiger partial charge in [-0.25, -0.2) is 14.5 Å². The summed E-state index contributed by atoms with van der Waals surface area (Å²) in [7, 11) is 0. The lowest BCUT2D eigenvalue weighted by molar-refractivity contribution is 0.0636. The standard InChI is InChI=1S/C31H27ClN8O3/c1-31(2,3)43-30(42)35-21-7-4-18(5-8-21)25-16-34-29(36-25)27-11-9-23-12-19(13-28(41)40(23)27)24-14-20(32)6-10-26(24)39-17-22(15-33)37-38-39/h4-8,10,12-14,16-17,27H,9,11H2,1-3H3,(H,34,36)(H,35,42)/t27-/m0/s1. The van der Waals surface area contributed by atoms with Crippen molar-refractivity contribution in [2.24, 2.45) is 0 Å². The predicted octanol–water partition coefficient (Wildman–Crippen LogP) is 5.89. The molecule has 0 radical (unpaired) electrons. The molecule has 4 heterocycles. The van der Waals surface area contributed by atoms with E-state index in [0.29, 0.717) is 46.2 Å². The second-order valence-electron chi connectivity index (χ2n) is 11.2. The number of imidazole rings is 1. The molecule has 5 aromatic rings. The van der Waals surface area contributed by atoms with Gasteiger partial charge in [0.25, 0.3) is 5.56 Å². The third kappa shape index (κ3) is 5.78. The highest BCUT2D eigenvalue weighted by Crippen LogP contribution is 2.34. The van der Waals surface area contributed by atoms with Crippen LogP contribution in [0.3, 0.4) is 0 Å². The Kier molecular flexibility index (Phi) is 7.07. The van der Waals surface area contributed by atoms with Crippen molar-refractivity contribution in [2.45, 2.75) is 45.3 Å². The molecular weight excluding hydrogens is 568 g/mol. The fourth-order valence-corrected chi connectivity index (χ4v) is 5.36. The highest BCUT2D eigenvalue weighted by atomic mass is 35.5. The van der Waals surface area contributed by atoms with Crippen LogP contribution < -0.4 is 10.9 Å². The number of carbonyl (C=O) groups excluding carboxylic acids is 1. The van der Waals surface area contributed by atoms with Crippen molar-refractivity contribution in [3.05, 3.63) is 99.6 Å². The maximum absolute atomic E-state index is 13.5. The minimum absolute atomic E-state index is 0.159. The number of hydrogen-bond donors (Lipinski definition) is 2. The van der Waals surface area contributed by atoms with Gasteiger partial charge < -0.3 is 14.3 Å². The van der Waals surface area contributed by atoms with E-state index in [1.54, 1.807) is 47.2 Å². The monoisotopic (exact) mass is 594 g/mol. The number of nitrogens with zero attached hydrogens (tertiary/aromatic N) is 6. The van der Waals surface area contributed by atoms with Gasteiger partial charge in [-0.15, -0.1) is 5.10 Å². The van der Waals surface area contributed by atoms with E-state index < -0.39 is 11.7 Å². The highest BCUT2D eigenvalue weighted by molar-refractivity contribution is 6.31. The third-order valence-electron chi connectivity index (χ3n) is 7.01. The number of fused-ring (bicyclic) bond motifs is 1. The van der Waals surface area contributed by atoms with Gasteiger partial charge in [-0.2, -0.15) is 5.26 Å². The number of hydrogen-bond acceptors (Lipinski definition) is 7. The van der Waals surface area contributed by atoms with Crippen molar-refractivity contribution in [2.75, 3.05) is 5.32 Å². The number of nitrogens with one attached hydrogen (secondary N) is 2. The lowest BCUT2D eigenvalue weighted by Gasteiger charge is -2.19. The number of halogens is 1. The zero-order valence-corrected chi connectivity index (χ0v) is 24.4. The van der Waals surface area contributed by atoms with E-state index in [1.165, 1.54) is 10.9 Å². The third-order valence-corrected chi connectivity index (χ3v) is 7.25. The second kappa shape index (κ2) is 10.9. The number of aryl methyl sites for hydroxylation is 1. The molecule has 0 spiro atoms. The minimum Gasteiger partial charge on any atom is -0.444 e. The Hall–Kier alpha value is -5.21. The van der Waals surface area contributed by atoms with E-state index in [-0.39, 0.29) is 17.3 Å². The van der Waals surface area contributed by atoms with E-state index in [1.807, 2.05) is 45.0 Å². The number of carbonyl (C=O) groups is 1. The van der Waals surface area contributed by atoms with Crippen LogP contribution in [0.1, 0.15) is 50.4 Å². The van der Waals surface area contributed by atoms with Crippen LogP contribution in [0.4, 0.5) is 10.5 Å². The number of ether oxygens (including phenoxy) is 1. The van der Waals surface area contributed by atoms with Crippen molar-refractivity contribution in [3.63, 3.8) is 0 Å². The Morgan fingerprint density at radius 2 is 1.93 bits per heavy atom. The van der Waals surface area contributed by atoms with Gasteiger partial charge in [-0.3, -0.25) is 10.1 Å². The molecule has 0 aliphatic carbocycles. The first kappa shape index (κ1) is 27.9. The van der Waals surface area contributed by atoms with Gasteiger partial charge in [-0.1, -0.05) is 28.9 Å². The molecule has 2 aromatic carbocycles. The summed E-state index contributed by atoms with van der Waals surface area (Å²) >= 11 is 6.34. The Balaban J connectivity index is 1.25. The summed E-state index contributed by atoms with van der Waals surface area (Å²) in [4.78, 5) is 33.6. The summed E-state index contributed by atoms with van der Waals surface area (Å²) in [5, 5.41) is 20.3. The molecule has 0 fully saturated rings. The fourth-order valence-electron chi connectivity index (χ4n) is 5.19. The molecule has 6 rings (SSSR count). The van der Waals surface area contributed by atoms with E-state index in [0.717, 1.165) is 17.0 Å². The molecule has 3 aromatic heterocycles. The zero-order chi connectivity index (χ0) is 30.3. The first-order valence-electron chi connectivity index (χ1n) is 13.6. The van der Waals surface area contributed by atoms with Crippen LogP contribution in [-0.4, -0.2) is 41.2 Å². The quantitative estimate of drug-likeness (QED) is 0.258. The van der Waals surface area contributed by atoms with E-state index in [4.69, 9.17) is 21.6 Å². The molecule has 0 unspecified atom stereocenters. The average Bonchev–Trinajstić information content (AvgIpc) is 3.72. The van der Waals surface area contributed by atoms with E-state index in [9.17, 15) is 9.59 Å². The summed E-state index contributed by atoms with van der Waals surface area (Å²) in [6.45, 7) is 5.43. The average molecular weight is 595 g/mol. The molecule has 1 aliphatic heterocycles. The van der Waals surface area contributed by atoms with Gasteiger partial charge in [0.15, 0.2) is 5.69 Å². The number of H-pyrrole nitrogens is 1. The van der Waals surface area contributed by atoms with Gasteiger partial charge in [0.2, 0.25) is 0 Å². The molecule has 11 nitrogen and oxygen atoms in total. The van der Waals surface area contributed by atoms with Crippen LogP contribution in [-0.2, 0) is 11.2 Å².